The number of hydrogen-bond donors (Lipinski definition) is 2. The summed E-state index contributed by atoms with van der Waals surface area (Å²) >= 11 is 0. The van der Waals surface area contributed by atoms with Crippen molar-refractivity contribution in [3.63, 3.8) is 0 Å². The summed E-state index contributed by atoms with van der Waals surface area (Å²) in [5.41, 5.74) is 2.56. The molecule has 90 valence electrons. The van der Waals surface area contributed by atoms with Crippen molar-refractivity contribution < 1.29 is 4.79 Å². The van der Waals surface area contributed by atoms with Gasteiger partial charge in [0.2, 0.25) is 5.91 Å². The third kappa shape index (κ3) is 1.26. The van der Waals surface area contributed by atoms with Gasteiger partial charge in [0.25, 0.3) is 0 Å². The molecule has 0 saturated heterocycles. The smallest absolute Gasteiger partial charge is 0.232 e. The van der Waals surface area contributed by atoms with Gasteiger partial charge in [-0.15, -0.1) is 0 Å². The maximum Gasteiger partial charge on any atom is 0.232 e. The predicted molar refractivity (Wildman–Crippen MR) is 70.5 cm³/mol. The lowest BCUT2D eigenvalue weighted by atomic mass is 10.1. The molecule has 2 heterocycles. The number of hydrogen-bond acceptors (Lipinski definition) is 3. The molecule has 0 unspecified atom stereocenters. The first-order valence-electron chi connectivity index (χ1n) is 6.22. The van der Waals surface area contributed by atoms with E-state index >= 15 is 0 Å². The van der Waals surface area contributed by atoms with Crippen molar-refractivity contribution in [3.8, 4) is 0 Å². The zero-order valence-corrected chi connectivity index (χ0v) is 9.86. The van der Waals surface area contributed by atoms with Gasteiger partial charge in [0, 0.05) is 11.9 Å². The summed E-state index contributed by atoms with van der Waals surface area (Å²) in [5.74, 6) is 0.130. The van der Waals surface area contributed by atoms with E-state index in [1.807, 2.05) is 24.3 Å². The van der Waals surface area contributed by atoms with Gasteiger partial charge >= 0.3 is 0 Å². The molecule has 4 nitrogen and oxygen atoms in total. The van der Waals surface area contributed by atoms with Crippen LogP contribution in [0.2, 0.25) is 0 Å². The average Bonchev–Trinajstić information content (AvgIpc) is 3.19. The molecule has 18 heavy (non-hydrogen) atoms. The lowest BCUT2D eigenvalue weighted by molar-refractivity contribution is -0.120. The van der Waals surface area contributed by atoms with Gasteiger partial charge in [0.05, 0.1) is 28.5 Å². The van der Waals surface area contributed by atoms with Crippen LogP contribution in [0.25, 0.3) is 10.9 Å². The molecular formula is C14H13N3O. The van der Waals surface area contributed by atoms with E-state index in [0.717, 1.165) is 41.7 Å². The Morgan fingerprint density at radius 1 is 1.22 bits per heavy atom. The molecule has 1 spiro atoms. The van der Waals surface area contributed by atoms with Gasteiger partial charge in [0.1, 0.15) is 0 Å². The maximum atomic E-state index is 12.1. The minimum Gasteiger partial charge on any atom is -0.382 e. The summed E-state index contributed by atoms with van der Waals surface area (Å²) in [5, 5.41) is 7.49. The number of fused-ring (bicyclic) bond motifs is 3. The quantitative estimate of drug-likeness (QED) is 0.742. The second kappa shape index (κ2) is 3.22. The number of carbonyl (C=O) groups excluding carboxylic acids is 1. The summed E-state index contributed by atoms with van der Waals surface area (Å²) in [6, 6.07) is 7.98. The summed E-state index contributed by atoms with van der Waals surface area (Å²) in [6.45, 7) is 0.722. The van der Waals surface area contributed by atoms with Crippen LogP contribution in [0.15, 0.2) is 30.5 Å². The Morgan fingerprint density at radius 2 is 2.06 bits per heavy atom. The van der Waals surface area contributed by atoms with E-state index in [2.05, 4.69) is 15.6 Å². The zero-order valence-electron chi connectivity index (χ0n) is 9.86. The Hall–Kier alpha value is -2.10. The first-order chi connectivity index (χ1) is 8.78. The summed E-state index contributed by atoms with van der Waals surface area (Å²) in [7, 11) is 0. The van der Waals surface area contributed by atoms with Gasteiger partial charge in [-0.25, -0.2) is 0 Å². The van der Waals surface area contributed by atoms with E-state index < -0.39 is 0 Å². The van der Waals surface area contributed by atoms with E-state index in [4.69, 9.17) is 0 Å². The normalized spacial score (nSPS) is 19.9. The second-order valence-corrected chi connectivity index (χ2v) is 5.15. The minimum absolute atomic E-state index is 0.130. The van der Waals surface area contributed by atoms with E-state index in [0.29, 0.717) is 0 Å². The zero-order chi connectivity index (χ0) is 12.2. The van der Waals surface area contributed by atoms with Crippen molar-refractivity contribution >= 4 is 28.2 Å². The van der Waals surface area contributed by atoms with Gasteiger partial charge in [0.15, 0.2) is 0 Å². The Kier molecular flexibility index (Phi) is 1.77. The number of nitrogens with zero attached hydrogens (tertiary/aromatic N) is 1. The van der Waals surface area contributed by atoms with Crippen molar-refractivity contribution in [2.75, 3.05) is 17.2 Å². The Balaban J connectivity index is 1.91. The molecule has 1 saturated carbocycles. The number of benzene rings is 1. The molecular weight excluding hydrogens is 226 g/mol. The third-order valence-corrected chi connectivity index (χ3v) is 3.96. The molecule has 1 aliphatic heterocycles. The number of rotatable bonds is 0. The molecule has 0 bridgehead atoms. The van der Waals surface area contributed by atoms with Crippen LogP contribution in [-0.2, 0) is 4.79 Å². The van der Waals surface area contributed by atoms with Crippen molar-refractivity contribution in [2.45, 2.75) is 12.8 Å². The Morgan fingerprint density at radius 3 is 2.89 bits per heavy atom. The van der Waals surface area contributed by atoms with Crippen LogP contribution >= 0.6 is 0 Å². The molecule has 2 N–H and O–H groups in total. The first kappa shape index (κ1) is 9.88. The lowest BCUT2D eigenvalue weighted by Crippen LogP contribution is -2.27. The highest BCUT2D eigenvalue weighted by Gasteiger charge is 2.50. The number of nitrogens with one attached hydrogen (secondary N) is 2. The number of carbonyl (C=O) groups is 1. The molecule has 1 amide bonds. The van der Waals surface area contributed by atoms with Crippen molar-refractivity contribution in [3.05, 3.63) is 30.5 Å². The van der Waals surface area contributed by atoms with Crippen LogP contribution in [0, 0.1) is 5.41 Å². The van der Waals surface area contributed by atoms with E-state index in [1.54, 1.807) is 6.20 Å². The van der Waals surface area contributed by atoms with E-state index in [9.17, 15) is 4.79 Å². The van der Waals surface area contributed by atoms with Gasteiger partial charge in [-0.3, -0.25) is 9.78 Å². The average molecular weight is 239 g/mol. The van der Waals surface area contributed by atoms with Crippen molar-refractivity contribution in [1.29, 1.82) is 0 Å². The molecule has 2 aliphatic rings. The molecule has 0 radical (unpaired) electrons. The van der Waals surface area contributed by atoms with E-state index in [-0.39, 0.29) is 11.3 Å². The van der Waals surface area contributed by atoms with Crippen molar-refractivity contribution in [2.24, 2.45) is 5.41 Å². The van der Waals surface area contributed by atoms with Gasteiger partial charge < -0.3 is 10.6 Å². The van der Waals surface area contributed by atoms with Crippen LogP contribution in [0.1, 0.15) is 12.8 Å². The molecule has 0 atom stereocenters. The predicted octanol–water partition coefficient (Wildman–Crippen LogP) is 2.38. The van der Waals surface area contributed by atoms with Crippen molar-refractivity contribution in [1.82, 2.24) is 4.98 Å². The molecule has 4 heteroatoms. The fraction of sp³-hybridized carbons (Fsp3) is 0.286. The number of anilines is 2. The first-order valence-corrected chi connectivity index (χ1v) is 6.22. The number of para-hydroxylation sites is 1. The molecule has 2 aromatic rings. The summed E-state index contributed by atoms with van der Waals surface area (Å²) in [6.07, 6.45) is 3.69. The van der Waals surface area contributed by atoms with Crippen LogP contribution < -0.4 is 10.6 Å². The highest BCUT2D eigenvalue weighted by molar-refractivity contribution is 6.07. The van der Waals surface area contributed by atoms with Crippen LogP contribution in [-0.4, -0.2) is 17.4 Å². The van der Waals surface area contributed by atoms with Crippen LogP contribution in [0.5, 0.6) is 0 Å². The Bertz CT molecular complexity index is 661. The highest BCUT2D eigenvalue weighted by Crippen LogP contribution is 2.49. The minimum atomic E-state index is -0.180. The number of amides is 1. The molecule has 1 aromatic heterocycles. The Labute approximate surface area is 104 Å². The van der Waals surface area contributed by atoms with Gasteiger partial charge in [-0.2, -0.15) is 0 Å². The number of aromatic nitrogens is 1. The number of pyridine rings is 1. The van der Waals surface area contributed by atoms with Gasteiger partial charge in [-0.1, -0.05) is 18.2 Å². The topological polar surface area (TPSA) is 54.0 Å². The summed E-state index contributed by atoms with van der Waals surface area (Å²) in [4.78, 5) is 16.5. The highest BCUT2D eigenvalue weighted by atomic mass is 16.2. The lowest BCUT2D eigenvalue weighted by Gasteiger charge is -2.10. The van der Waals surface area contributed by atoms with Crippen LogP contribution in [0.4, 0.5) is 11.4 Å². The van der Waals surface area contributed by atoms with E-state index in [1.165, 1.54) is 0 Å². The fourth-order valence-corrected chi connectivity index (χ4v) is 2.57. The van der Waals surface area contributed by atoms with Gasteiger partial charge in [-0.05, 0) is 18.9 Å². The third-order valence-electron chi connectivity index (χ3n) is 3.96. The van der Waals surface area contributed by atoms with Crippen LogP contribution in [0.3, 0.4) is 0 Å². The largest absolute Gasteiger partial charge is 0.382 e. The molecule has 1 fully saturated rings. The molecule has 1 aromatic carbocycles. The summed E-state index contributed by atoms with van der Waals surface area (Å²) < 4.78 is 0. The fourth-order valence-electron chi connectivity index (χ4n) is 2.57. The standard InChI is InChI=1S/C14H13N3O/c18-13-14(5-6-14)8-16-12-9-3-1-2-4-10(9)15-7-11(12)17-13/h1-4,7,16H,5-6,8H2,(H,17,18). The maximum absolute atomic E-state index is 12.1. The molecule has 1 aliphatic carbocycles. The SMILES string of the molecule is O=C1Nc2cnc3ccccc3c2NCC12CC2. The molecule has 4 rings (SSSR count). The monoisotopic (exact) mass is 239 g/mol. The second-order valence-electron chi connectivity index (χ2n) is 5.15.